The first-order chi connectivity index (χ1) is 31.2. The highest BCUT2D eigenvalue weighted by atomic mass is 32.1. The van der Waals surface area contributed by atoms with E-state index in [1.807, 2.05) is 41.7 Å². The molecule has 9 aromatic carbocycles. The summed E-state index contributed by atoms with van der Waals surface area (Å²) in [6.45, 7) is 0. The van der Waals surface area contributed by atoms with Crippen molar-refractivity contribution in [3.8, 4) is 62.1 Å². The number of furan rings is 1. The fourth-order valence-corrected chi connectivity index (χ4v) is 10.6. The maximum atomic E-state index is 6.97. The highest BCUT2D eigenvalue weighted by Crippen LogP contribution is 2.43. The second-order valence-corrected chi connectivity index (χ2v) is 17.0. The minimum Gasteiger partial charge on any atom is -0.454 e. The molecule has 0 aliphatic rings. The predicted molar refractivity (Wildman–Crippen MR) is 262 cm³/mol. The van der Waals surface area contributed by atoms with Crippen LogP contribution in [0.25, 0.3) is 126 Å². The highest BCUT2D eigenvalue weighted by Gasteiger charge is 2.21. The van der Waals surface area contributed by atoms with Gasteiger partial charge in [0, 0.05) is 64.0 Å². The fraction of sp³-hybridized carbons (Fsp3) is 0. The van der Waals surface area contributed by atoms with Crippen LogP contribution in [0.4, 0.5) is 0 Å². The first-order valence-electron chi connectivity index (χ1n) is 21.1. The Labute approximate surface area is 365 Å². The molecule has 13 rings (SSSR count). The summed E-state index contributed by atoms with van der Waals surface area (Å²) in [5.74, 6) is 1.82. The molecule has 63 heavy (non-hydrogen) atoms. The number of benzene rings is 9. The number of hydrogen-bond donors (Lipinski definition) is 0. The van der Waals surface area contributed by atoms with Crippen LogP contribution in [0.3, 0.4) is 0 Å². The average Bonchev–Trinajstić information content (AvgIpc) is 4.04. The van der Waals surface area contributed by atoms with E-state index >= 15 is 0 Å². The van der Waals surface area contributed by atoms with E-state index in [0.717, 1.165) is 55.3 Å². The van der Waals surface area contributed by atoms with Gasteiger partial charge >= 0.3 is 0 Å². The van der Waals surface area contributed by atoms with Crippen LogP contribution >= 0.6 is 11.3 Å². The van der Waals surface area contributed by atoms with Crippen LogP contribution in [-0.4, -0.2) is 19.5 Å². The summed E-state index contributed by atoms with van der Waals surface area (Å²) < 4.78 is 11.8. The van der Waals surface area contributed by atoms with E-state index in [2.05, 4.69) is 180 Å². The lowest BCUT2D eigenvalue weighted by atomic mass is 10.0. The second-order valence-electron chi connectivity index (χ2n) is 15.9. The molecule has 0 saturated heterocycles. The van der Waals surface area contributed by atoms with Crippen LogP contribution in [0.2, 0.25) is 0 Å². The van der Waals surface area contributed by atoms with E-state index < -0.39 is 0 Å². The Balaban J connectivity index is 0.974. The molecule has 0 atom stereocenters. The molecule has 5 nitrogen and oxygen atoms in total. The lowest BCUT2D eigenvalue weighted by molar-refractivity contribution is 0.666. The summed E-state index contributed by atoms with van der Waals surface area (Å²) in [5, 5.41) is 6.95. The van der Waals surface area contributed by atoms with Crippen molar-refractivity contribution >= 4 is 75.3 Å². The number of hydrogen-bond acceptors (Lipinski definition) is 5. The Kier molecular flexibility index (Phi) is 8.01. The van der Waals surface area contributed by atoms with Crippen molar-refractivity contribution < 1.29 is 4.42 Å². The van der Waals surface area contributed by atoms with Crippen molar-refractivity contribution in [3.05, 3.63) is 206 Å². The topological polar surface area (TPSA) is 56.7 Å². The number of para-hydroxylation sites is 3. The van der Waals surface area contributed by atoms with Crippen LogP contribution in [-0.2, 0) is 0 Å². The third-order valence-electron chi connectivity index (χ3n) is 12.3. The van der Waals surface area contributed by atoms with Gasteiger partial charge in [0.15, 0.2) is 23.1 Å². The maximum Gasteiger partial charge on any atom is 0.164 e. The summed E-state index contributed by atoms with van der Waals surface area (Å²) in [6.07, 6.45) is 0. The first kappa shape index (κ1) is 35.6. The zero-order valence-electron chi connectivity index (χ0n) is 33.7. The number of thiophene rings is 1. The number of fused-ring (bicyclic) bond motifs is 9. The van der Waals surface area contributed by atoms with Crippen LogP contribution in [0.1, 0.15) is 0 Å². The molecule has 0 unspecified atom stereocenters. The Bertz CT molecular complexity index is 3910. The lowest BCUT2D eigenvalue weighted by Crippen LogP contribution is -2.00. The predicted octanol–water partition coefficient (Wildman–Crippen LogP) is 15.6. The van der Waals surface area contributed by atoms with Crippen LogP contribution < -0.4 is 0 Å². The van der Waals surface area contributed by atoms with Crippen molar-refractivity contribution in [3.63, 3.8) is 0 Å². The van der Waals surface area contributed by atoms with E-state index in [-0.39, 0.29) is 0 Å². The van der Waals surface area contributed by atoms with E-state index in [4.69, 9.17) is 19.4 Å². The normalized spacial score (nSPS) is 11.8. The number of nitrogens with zero attached hydrogens (tertiary/aromatic N) is 4. The quantitative estimate of drug-likeness (QED) is 0.168. The second kappa shape index (κ2) is 14.2. The highest BCUT2D eigenvalue weighted by molar-refractivity contribution is 7.26. The van der Waals surface area contributed by atoms with Crippen LogP contribution in [0.5, 0.6) is 0 Å². The van der Waals surface area contributed by atoms with Crippen molar-refractivity contribution in [1.29, 1.82) is 0 Å². The molecule has 0 radical (unpaired) electrons. The first-order valence-corrected chi connectivity index (χ1v) is 21.9. The smallest absolute Gasteiger partial charge is 0.164 e. The molecular formula is C57H34N4OS. The van der Waals surface area contributed by atoms with Gasteiger partial charge in [-0.15, -0.1) is 11.3 Å². The van der Waals surface area contributed by atoms with E-state index in [0.29, 0.717) is 17.5 Å². The molecule has 13 aromatic rings. The van der Waals surface area contributed by atoms with Crippen molar-refractivity contribution in [2.24, 2.45) is 0 Å². The monoisotopic (exact) mass is 822 g/mol. The van der Waals surface area contributed by atoms with Gasteiger partial charge in [-0.05, 0) is 47.0 Å². The third kappa shape index (κ3) is 5.73. The molecule has 0 saturated carbocycles. The molecular weight excluding hydrogens is 789 g/mol. The van der Waals surface area contributed by atoms with Gasteiger partial charge in [-0.25, -0.2) is 15.0 Å². The molecule has 0 N–H and O–H groups in total. The molecule has 294 valence electrons. The Hall–Kier alpha value is -8.19. The summed E-state index contributed by atoms with van der Waals surface area (Å²) in [7, 11) is 0. The Morgan fingerprint density at radius 3 is 1.68 bits per heavy atom. The fourth-order valence-electron chi connectivity index (χ4n) is 9.35. The lowest BCUT2D eigenvalue weighted by Gasteiger charge is -2.12. The molecule has 0 fully saturated rings. The van der Waals surface area contributed by atoms with Gasteiger partial charge in [-0.1, -0.05) is 176 Å². The molecule has 4 aromatic heterocycles. The van der Waals surface area contributed by atoms with Crippen LogP contribution in [0, 0.1) is 0 Å². The molecule has 0 amide bonds. The Morgan fingerprint density at radius 2 is 0.937 bits per heavy atom. The zero-order chi connectivity index (χ0) is 41.4. The zero-order valence-corrected chi connectivity index (χ0v) is 34.6. The SMILES string of the molecule is c1ccc(-c2nc(-c3ccc4c(c3)oc3c(-n5c6ccccc6c6cccc(-c7ccccc7)c65)cccc34)nc(-c3ccc4c(c3)sc3c(-c5ccccc5)cccc34)n2)cc1. The minimum atomic E-state index is 0.583. The third-order valence-corrected chi connectivity index (χ3v) is 13.5. The van der Waals surface area contributed by atoms with E-state index in [9.17, 15) is 0 Å². The summed E-state index contributed by atoms with van der Waals surface area (Å²) in [4.78, 5) is 15.4. The number of aromatic nitrogens is 4. The Morgan fingerprint density at radius 1 is 0.381 bits per heavy atom. The van der Waals surface area contributed by atoms with E-state index in [1.54, 1.807) is 0 Å². The molecule has 4 heterocycles. The summed E-state index contributed by atoms with van der Waals surface area (Å²) in [5.41, 5.74) is 12.4. The minimum absolute atomic E-state index is 0.583. The molecule has 0 bridgehead atoms. The van der Waals surface area contributed by atoms with Gasteiger partial charge in [0.2, 0.25) is 0 Å². The van der Waals surface area contributed by atoms with Gasteiger partial charge in [-0.3, -0.25) is 0 Å². The average molecular weight is 823 g/mol. The van der Waals surface area contributed by atoms with Gasteiger partial charge in [0.1, 0.15) is 5.58 Å². The van der Waals surface area contributed by atoms with Crippen molar-refractivity contribution in [2.45, 2.75) is 0 Å². The van der Waals surface area contributed by atoms with Crippen molar-refractivity contribution in [1.82, 2.24) is 19.5 Å². The number of rotatable bonds is 6. The van der Waals surface area contributed by atoms with E-state index in [1.165, 1.54) is 53.2 Å². The molecule has 0 aliphatic heterocycles. The van der Waals surface area contributed by atoms with Crippen molar-refractivity contribution in [2.75, 3.05) is 0 Å². The molecule has 6 heteroatoms. The largest absolute Gasteiger partial charge is 0.454 e. The summed E-state index contributed by atoms with van der Waals surface area (Å²) >= 11 is 1.81. The molecule has 0 aliphatic carbocycles. The maximum absolute atomic E-state index is 6.97. The van der Waals surface area contributed by atoms with Gasteiger partial charge in [-0.2, -0.15) is 0 Å². The van der Waals surface area contributed by atoms with Gasteiger partial charge in [0.25, 0.3) is 0 Å². The standard InChI is InChI=1S/C57H34N4OS/c1-4-15-35(16-5-1)40-22-12-24-45-42-21-10-11-27-48(42)61(52(40)45)49-28-14-25-46-43-31-29-38(33-50(43)62-53(46)49)56-58-55(37-19-8-3-9-20-37)59-57(60-56)39-30-32-44-47-26-13-23-41(36-17-6-2-7-18-36)54(47)63-51(44)34-39/h1-34H. The van der Waals surface area contributed by atoms with Gasteiger partial charge in [0.05, 0.1) is 16.7 Å². The van der Waals surface area contributed by atoms with Gasteiger partial charge < -0.3 is 8.98 Å². The molecule has 0 spiro atoms. The van der Waals surface area contributed by atoms with Crippen LogP contribution in [0.15, 0.2) is 211 Å². The summed E-state index contributed by atoms with van der Waals surface area (Å²) in [6, 6.07) is 72.5.